The van der Waals surface area contributed by atoms with Crippen LogP contribution < -0.4 is 16.0 Å². The van der Waals surface area contributed by atoms with Crippen molar-refractivity contribution >= 4 is 17.5 Å². The second-order valence-electron chi connectivity index (χ2n) is 6.26. The molecule has 3 rings (SSSR count). The third kappa shape index (κ3) is 4.35. The first-order chi connectivity index (χ1) is 12.1. The third-order valence-corrected chi connectivity index (χ3v) is 4.46. The summed E-state index contributed by atoms with van der Waals surface area (Å²) in [5.41, 5.74) is 7.74. The number of rotatable bonds is 5. The Morgan fingerprint density at radius 3 is 2.80 bits per heavy atom. The van der Waals surface area contributed by atoms with Crippen LogP contribution in [-0.2, 0) is 11.3 Å². The van der Waals surface area contributed by atoms with Gasteiger partial charge in [-0.25, -0.2) is 0 Å². The smallest absolute Gasteiger partial charge is 0.270 e. The van der Waals surface area contributed by atoms with Gasteiger partial charge in [0.2, 0.25) is 5.91 Å². The molecule has 6 nitrogen and oxygen atoms in total. The van der Waals surface area contributed by atoms with Crippen LogP contribution >= 0.6 is 0 Å². The molecule has 0 aliphatic carbocycles. The Bertz CT molecular complexity index is 748. The van der Waals surface area contributed by atoms with E-state index in [0.717, 1.165) is 30.6 Å². The molecule has 0 unspecified atom stereocenters. The fourth-order valence-electron chi connectivity index (χ4n) is 3.05. The summed E-state index contributed by atoms with van der Waals surface area (Å²) in [6, 6.07) is 13.4. The van der Waals surface area contributed by atoms with E-state index in [2.05, 4.69) is 15.2 Å². The number of hydrogen-bond acceptors (Lipinski definition) is 4. The maximum atomic E-state index is 12.4. The highest BCUT2D eigenvalue weighted by Gasteiger charge is 2.24. The largest absolute Gasteiger partial charge is 0.371 e. The third-order valence-electron chi connectivity index (χ3n) is 4.46. The van der Waals surface area contributed by atoms with Gasteiger partial charge in [0.1, 0.15) is 5.69 Å². The molecule has 1 saturated heterocycles. The lowest BCUT2D eigenvalue weighted by atomic mass is 9.97. The molecular weight excluding hydrogens is 316 g/mol. The Labute approximate surface area is 147 Å². The van der Waals surface area contributed by atoms with Crippen molar-refractivity contribution in [2.45, 2.75) is 19.4 Å². The Morgan fingerprint density at radius 1 is 1.24 bits per heavy atom. The Kier molecular flexibility index (Phi) is 5.28. The van der Waals surface area contributed by atoms with E-state index in [4.69, 9.17) is 5.73 Å². The van der Waals surface area contributed by atoms with Crippen LogP contribution in [0.2, 0.25) is 0 Å². The molecule has 25 heavy (non-hydrogen) atoms. The summed E-state index contributed by atoms with van der Waals surface area (Å²) in [5, 5.41) is 2.88. The maximum absolute atomic E-state index is 12.4. The SMILES string of the molecule is NC(=O)[C@@H]1CCCN(c2ccnc(C(=O)NCc3ccccc3)c2)C1. The first kappa shape index (κ1) is 17.0. The highest BCUT2D eigenvalue weighted by Crippen LogP contribution is 2.23. The molecule has 2 amide bonds. The fourth-order valence-corrected chi connectivity index (χ4v) is 3.05. The van der Waals surface area contributed by atoms with Gasteiger partial charge in [0, 0.05) is 31.5 Å². The normalized spacial score (nSPS) is 17.1. The van der Waals surface area contributed by atoms with Crippen molar-refractivity contribution in [2.75, 3.05) is 18.0 Å². The molecule has 1 aliphatic heterocycles. The van der Waals surface area contributed by atoms with E-state index in [1.54, 1.807) is 12.3 Å². The number of hydrogen-bond donors (Lipinski definition) is 2. The summed E-state index contributed by atoms with van der Waals surface area (Å²) in [5.74, 6) is -0.619. The molecule has 1 aromatic heterocycles. The van der Waals surface area contributed by atoms with Crippen molar-refractivity contribution in [3.63, 3.8) is 0 Å². The first-order valence-corrected chi connectivity index (χ1v) is 8.46. The lowest BCUT2D eigenvalue weighted by Crippen LogP contribution is -2.41. The standard InChI is InChI=1S/C19H22N4O2/c20-18(24)15-7-4-10-23(13-15)16-8-9-21-17(11-16)19(25)22-12-14-5-2-1-3-6-14/h1-3,5-6,8-9,11,15H,4,7,10,12-13H2,(H2,20,24)(H,22,25)/t15-/m1/s1. The van der Waals surface area contributed by atoms with Gasteiger partial charge in [0.25, 0.3) is 5.91 Å². The van der Waals surface area contributed by atoms with Gasteiger partial charge in [-0.1, -0.05) is 30.3 Å². The second kappa shape index (κ2) is 7.79. The highest BCUT2D eigenvalue weighted by molar-refractivity contribution is 5.93. The van der Waals surface area contributed by atoms with Gasteiger partial charge in [-0.3, -0.25) is 14.6 Å². The van der Waals surface area contributed by atoms with Crippen molar-refractivity contribution in [1.82, 2.24) is 10.3 Å². The first-order valence-electron chi connectivity index (χ1n) is 8.46. The van der Waals surface area contributed by atoms with E-state index in [-0.39, 0.29) is 17.7 Å². The van der Waals surface area contributed by atoms with Crippen LogP contribution in [0.15, 0.2) is 48.7 Å². The fraction of sp³-hybridized carbons (Fsp3) is 0.316. The summed E-state index contributed by atoms with van der Waals surface area (Å²) in [6.07, 6.45) is 3.35. The van der Waals surface area contributed by atoms with Crippen molar-refractivity contribution in [3.05, 3.63) is 59.9 Å². The quantitative estimate of drug-likeness (QED) is 0.869. The van der Waals surface area contributed by atoms with E-state index >= 15 is 0 Å². The molecule has 0 radical (unpaired) electrons. The van der Waals surface area contributed by atoms with E-state index in [1.165, 1.54) is 0 Å². The number of anilines is 1. The van der Waals surface area contributed by atoms with E-state index in [9.17, 15) is 9.59 Å². The van der Waals surface area contributed by atoms with Crippen LogP contribution in [0.3, 0.4) is 0 Å². The average Bonchev–Trinajstić information content (AvgIpc) is 2.67. The van der Waals surface area contributed by atoms with Crippen LogP contribution in [0, 0.1) is 5.92 Å². The van der Waals surface area contributed by atoms with E-state index in [0.29, 0.717) is 18.8 Å². The number of benzene rings is 1. The second-order valence-corrected chi connectivity index (χ2v) is 6.26. The van der Waals surface area contributed by atoms with Crippen molar-refractivity contribution in [1.29, 1.82) is 0 Å². The summed E-state index contributed by atoms with van der Waals surface area (Å²) in [4.78, 5) is 30.1. The number of amides is 2. The lowest BCUT2D eigenvalue weighted by Gasteiger charge is -2.33. The van der Waals surface area contributed by atoms with Gasteiger partial charge in [-0.15, -0.1) is 0 Å². The van der Waals surface area contributed by atoms with Gasteiger partial charge >= 0.3 is 0 Å². The maximum Gasteiger partial charge on any atom is 0.270 e. The Hall–Kier alpha value is -2.89. The Balaban J connectivity index is 1.66. The van der Waals surface area contributed by atoms with Crippen molar-refractivity contribution in [3.8, 4) is 0 Å². The molecule has 1 atom stereocenters. The monoisotopic (exact) mass is 338 g/mol. The molecule has 0 bridgehead atoms. The van der Waals surface area contributed by atoms with Crippen molar-refractivity contribution < 1.29 is 9.59 Å². The molecule has 1 fully saturated rings. The van der Waals surface area contributed by atoms with Gasteiger partial charge < -0.3 is 16.0 Å². The van der Waals surface area contributed by atoms with Crippen LogP contribution in [0.5, 0.6) is 0 Å². The van der Waals surface area contributed by atoms with Gasteiger partial charge in [0.15, 0.2) is 0 Å². The number of primary amides is 1. The number of nitrogens with zero attached hydrogens (tertiary/aromatic N) is 2. The predicted molar refractivity (Wildman–Crippen MR) is 96.0 cm³/mol. The van der Waals surface area contributed by atoms with Gasteiger partial charge in [-0.2, -0.15) is 0 Å². The molecule has 2 heterocycles. The van der Waals surface area contributed by atoms with Crippen LogP contribution in [0.1, 0.15) is 28.9 Å². The number of piperidine rings is 1. The number of aromatic nitrogens is 1. The summed E-state index contributed by atoms with van der Waals surface area (Å²) in [7, 11) is 0. The summed E-state index contributed by atoms with van der Waals surface area (Å²) < 4.78 is 0. The zero-order valence-corrected chi connectivity index (χ0v) is 14.0. The molecule has 1 aromatic carbocycles. The predicted octanol–water partition coefficient (Wildman–Crippen LogP) is 1.71. The Morgan fingerprint density at radius 2 is 2.04 bits per heavy atom. The molecule has 1 aliphatic rings. The zero-order chi connectivity index (χ0) is 17.6. The molecule has 2 aromatic rings. The van der Waals surface area contributed by atoms with Crippen LogP contribution in [-0.4, -0.2) is 29.9 Å². The summed E-state index contributed by atoms with van der Waals surface area (Å²) in [6.45, 7) is 1.89. The minimum Gasteiger partial charge on any atom is -0.371 e. The van der Waals surface area contributed by atoms with Gasteiger partial charge in [0.05, 0.1) is 5.92 Å². The minimum absolute atomic E-state index is 0.141. The molecule has 6 heteroatoms. The molecule has 3 N–H and O–H groups in total. The number of nitrogens with two attached hydrogens (primary N) is 1. The van der Waals surface area contributed by atoms with E-state index in [1.807, 2.05) is 36.4 Å². The zero-order valence-electron chi connectivity index (χ0n) is 14.0. The van der Waals surface area contributed by atoms with Crippen molar-refractivity contribution in [2.24, 2.45) is 11.7 Å². The average molecular weight is 338 g/mol. The minimum atomic E-state index is -0.264. The molecule has 0 spiro atoms. The topological polar surface area (TPSA) is 88.3 Å². The lowest BCUT2D eigenvalue weighted by molar-refractivity contribution is -0.122. The molecule has 130 valence electrons. The van der Waals surface area contributed by atoms with Crippen LogP contribution in [0.4, 0.5) is 5.69 Å². The molecule has 0 saturated carbocycles. The summed E-state index contributed by atoms with van der Waals surface area (Å²) >= 11 is 0. The van der Waals surface area contributed by atoms with E-state index < -0.39 is 0 Å². The molecular formula is C19H22N4O2. The highest BCUT2D eigenvalue weighted by atomic mass is 16.2. The van der Waals surface area contributed by atoms with Gasteiger partial charge in [-0.05, 0) is 30.5 Å². The van der Waals surface area contributed by atoms with Crippen LogP contribution in [0.25, 0.3) is 0 Å². The number of carbonyl (C=O) groups excluding carboxylic acids is 2. The number of nitrogens with one attached hydrogen (secondary N) is 1. The number of pyridine rings is 1. The number of carbonyl (C=O) groups is 2.